The number of piperidine rings is 1. The Kier molecular flexibility index (Phi) is 3.16. The van der Waals surface area contributed by atoms with Crippen LogP contribution in [0.5, 0.6) is 0 Å². The second kappa shape index (κ2) is 3.77. The van der Waals surface area contributed by atoms with Crippen LogP contribution in [0.15, 0.2) is 11.6 Å². The van der Waals surface area contributed by atoms with Crippen molar-refractivity contribution in [1.82, 2.24) is 4.90 Å². The number of hydrogen-bond acceptors (Lipinski definition) is 2. The van der Waals surface area contributed by atoms with Gasteiger partial charge in [-0.25, -0.2) is 0 Å². The smallest absolute Gasteiger partial charge is 0.0746 e. The Morgan fingerprint density at radius 1 is 1.75 bits per heavy atom. The van der Waals surface area contributed by atoms with Crippen LogP contribution in [0.2, 0.25) is 0 Å². The maximum atomic E-state index is 9.74. The van der Waals surface area contributed by atoms with Crippen LogP contribution in [-0.2, 0) is 0 Å². The zero-order valence-corrected chi connectivity index (χ0v) is 8.27. The van der Waals surface area contributed by atoms with E-state index in [0.717, 1.165) is 19.4 Å². The van der Waals surface area contributed by atoms with Crippen molar-refractivity contribution in [1.29, 1.82) is 0 Å². The standard InChI is InChI=1S/C9H16ClNO/c1-8(10)6-11-5-3-4-9(2,12)7-11/h12H,1,3-7H2,2H3. The van der Waals surface area contributed by atoms with Crippen LogP contribution < -0.4 is 0 Å². The summed E-state index contributed by atoms with van der Waals surface area (Å²) in [5.74, 6) is 0. The van der Waals surface area contributed by atoms with Gasteiger partial charge in [-0.05, 0) is 26.3 Å². The van der Waals surface area contributed by atoms with Crippen LogP contribution >= 0.6 is 11.6 Å². The third-order valence-corrected chi connectivity index (χ3v) is 2.27. The number of likely N-dealkylation sites (tertiary alicyclic amines) is 1. The van der Waals surface area contributed by atoms with E-state index in [1.165, 1.54) is 0 Å². The molecule has 12 heavy (non-hydrogen) atoms. The molecule has 1 rings (SSSR count). The summed E-state index contributed by atoms with van der Waals surface area (Å²) in [6.45, 7) is 7.93. The Labute approximate surface area is 78.8 Å². The molecule has 70 valence electrons. The molecule has 1 heterocycles. The first kappa shape index (κ1) is 10.0. The molecule has 1 aliphatic rings. The molecular weight excluding hydrogens is 174 g/mol. The highest BCUT2D eigenvalue weighted by Crippen LogP contribution is 2.20. The highest BCUT2D eigenvalue weighted by Gasteiger charge is 2.27. The lowest BCUT2D eigenvalue weighted by Crippen LogP contribution is -2.46. The second-order valence-corrected chi connectivity index (χ2v) is 4.36. The largest absolute Gasteiger partial charge is 0.389 e. The summed E-state index contributed by atoms with van der Waals surface area (Å²) in [6.07, 6.45) is 1.93. The average molecular weight is 190 g/mol. The average Bonchev–Trinajstić information content (AvgIpc) is 1.82. The predicted octanol–water partition coefficient (Wildman–Crippen LogP) is 1.59. The SMILES string of the molecule is C=C(Cl)CN1CCCC(C)(O)C1. The molecule has 1 atom stereocenters. The fraction of sp³-hybridized carbons (Fsp3) is 0.778. The van der Waals surface area contributed by atoms with Gasteiger partial charge < -0.3 is 5.11 Å². The molecule has 1 unspecified atom stereocenters. The number of hydrogen-bond donors (Lipinski definition) is 1. The van der Waals surface area contributed by atoms with E-state index in [2.05, 4.69) is 11.5 Å². The second-order valence-electron chi connectivity index (χ2n) is 3.83. The highest BCUT2D eigenvalue weighted by atomic mass is 35.5. The summed E-state index contributed by atoms with van der Waals surface area (Å²) in [5, 5.41) is 10.4. The minimum Gasteiger partial charge on any atom is -0.389 e. The van der Waals surface area contributed by atoms with Crippen LogP contribution in [-0.4, -0.2) is 35.2 Å². The van der Waals surface area contributed by atoms with Gasteiger partial charge in [0.2, 0.25) is 0 Å². The summed E-state index contributed by atoms with van der Waals surface area (Å²) in [4.78, 5) is 2.14. The molecule has 0 spiro atoms. The van der Waals surface area contributed by atoms with Crippen molar-refractivity contribution in [2.24, 2.45) is 0 Å². The zero-order chi connectivity index (χ0) is 9.19. The number of nitrogens with zero attached hydrogens (tertiary/aromatic N) is 1. The Hall–Kier alpha value is -0.0500. The first-order valence-electron chi connectivity index (χ1n) is 4.28. The van der Waals surface area contributed by atoms with E-state index in [-0.39, 0.29) is 0 Å². The van der Waals surface area contributed by atoms with Crippen molar-refractivity contribution in [3.63, 3.8) is 0 Å². The molecule has 0 aliphatic carbocycles. The summed E-state index contributed by atoms with van der Waals surface area (Å²) in [5.41, 5.74) is -0.537. The number of β-amino-alcohol motifs (C(OH)–C–C–N with tert-alkyl or cyclic N) is 1. The molecule has 0 amide bonds. The first-order chi connectivity index (χ1) is 5.49. The van der Waals surface area contributed by atoms with Crippen LogP contribution in [0.1, 0.15) is 19.8 Å². The van der Waals surface area contributed by atoms with Crippen LogP contribution in [0.25, 0.3) is 0 Å². The minimum absolute atomic E-state index is 0.537. The van der Waals surface area contributed by atoms with Gasteiger partial charge in [-0.15, -0.1) is 0 Å². The molecule has 2 nitrogen and oxygen atoms in total. The van der Waals surface area contributed by atoms with Crippen molar-refractivity contribution >= 4 is 11.6 Å². The molecule has 3 heteroatoms. The maximum Gasteiger partial charge on any atom is 0.0746 e. The van der Waals surface area contributed by atoms with Gasteiger partial charge in [0, 0.05) is 18.1 Å². The third kappa shape index (κ3) is 3.13. The normalized spacial score (nSPS) is 31.9. The topological polar surface area (TPSA) is 23.5 Å². The lowest BCUT2D eigenvalue weighted by Gasteiger charge is -2.36. The lowest BCUT2D eigenvalue weighted by molar-refractivity contribution is -0.0119. The summed E-state index contributed by atoms with van der Waals surface area (Å²) >= 11 is 5.69. The Balaban J connectivity index is 2.41. The number of halogens is 1. The Morgan fingerprint density at radius 3 is 2.92 bits per heavy atom. The Bertz CT molecular complexity index is 179. The fourth-order valence-corrected chi connectivity index (χ4v) is 1.87. The van der Waals surface area contributed by atoms with E-state index in [0.29, 0.717) is 18.1 Å². The van der Waals surface area contributed by atoms with E-state index in [1.54, 1.807) is 0 Å². The summed E-state index contributed by atoms with van der Waals surface area (Å²) < 4.78 is 0. The van der Waals surface area contributed by atoms with Gasteiger partial charge >= 0.3 is 0 Å². The van der Waals surface area contributed by atoms with Gasteiger partial charge in [-0.1, -0.05) is 18.2 Å². The molecule has 0 aromatic carbocycles. The molecule has 0 radical (unpaired) electrons. The van der Waals surface area contributed by atoms with E-state index in [4.69, 9.17) is 11.6 Å². The number of rotatable bonds is 2. The van der Waals surface area contributed by atoms with Crippen molar-refractivity contribution in [3.05, 3.63) is 11.6 Å². The zero-order valence-electron chi connectivity index (χ0n) is 7.52. The molecular formula is C9H16ClNO. The molecule has 1 fully saturated rings. The third-order valence-electron chi connectivity index (χ3n) is 2.15. The lowest BCUT2D eigenvalue weighted by atomic mass is 9.95. The molecule has 0 aromatic rings. The molecule has 0 saturated carbocycles. The predicted molar refractivity (Wildman–Crippen MR) is 51.3 cm³/mol. The van der Waals surface area contributed by atoms with Crippen molar-refractivity contribution < 1.29 is 5.11 Å². The molecule has 1 saturated heterocycles. The van der Waals surface area contributed by atoms with Gasteiger partial charge in [0.05, 0.1) is 5.60 Å². The Morgan fingerprint density at radius 2 is 2.42 bits per heavy atom. The van der Waals surface area contributed by atoms with E-state index >= 15 is 0 Å². The molecule has 0 bridgehead atoms. The van der Waals surface area contributed by atoms with E-state index < -0.39 is 5.60 Å². The van der Waals surface area contributed by atoms with Crippen LogP contribution in [0, 0.1) is 0 Å². The van der Waals surface area contributed by atoms with Gasteiger partial charge in [0.25, 0.3) is 0 Å². The molecule has 0 aromatic heterocycles. The maximum absolute atomic E-state index is 9.74. The highest BCUT2D eigenvalue weighted by molar-refractivity contribution is 6.29. The van der Waals surface area contributed by atoms with Crippen molar-refractivity contribution in [2.45, 2.75) is 25.4 Å². The van der Waals surface area contributed by atoms with Gasteiger partial charge in [0.15, 0.2) is 0 Å². The van der Waals surface area contributed by atoms with E-state index in [9.17, 15) is 5.11 Å². The number of aliphatic hydroxyl groups is 1. The first-order valence-corrected chi connectivity index (χ1v) is 4.65. The molecule has 1 aliphatic heterocycles. The van der Waals surface area contributed by atoms with Crippen LogP contribution in [0.4, 0.5) is 0 Å². The quantitative estimate of drug-likeness (QED) is 0.713. The minimum atomic E-state index is -0.537. The summed E-state index contributed by atoms with van der Waals surface area (Å²) in [6, 6.07) is 0. The summed E-state index contributed by atoms with van der Waals surface area (Å²) in [7, 11) is 0. The van der Waals surface area contributed by atoms with Gasteiger partial charge in [0.1, 0.15) is 0 Å². The van der Waals surface area contributed by atoms with Gasteiger partial charge in [-0.3, -0.25) is 4.90 Å². The fourth-order valence-electron chi connectivity index (χ4n) is 1.70. The van der Waals surface area contributed by atoms with Crippen LogP contribution in [0.3, 0.4) is 0 Å². The van der Waals surface area contributed by atoms with Crippen molar-refractivity contribution in [2.75, 3.05) is 19.6 Å². The van der Waals surface area contributed by atoms with Gasteiger partial charge in [-0.2, -0.15) is 0 Å². The monoisotopic (exact) mass is 189 g/mol. The molecule has 1 N–H and O–H groups in total. The van der Waals surface area contributed by atoms with Crippen molar-refractivity contribution in [3.8, 4) is 0 Å². The van der Waals surface area contributed by atoms with E-state index in [1.807, 2.05) is 6.92 Å².